The molecule has 0 radical (unpaired) electrons. The minimum absolute atomic E-state index is 0.0147. The Hall–Kier alpha value is -2.61. The van der Waals surface area contributed by atoms with Gasteiger partial charge in [0.2, 0.25) is 0 Å². The van der Waals surface area contributed by atoms with Crippen molar-refractivity contribution < 1.29 is 18.3 Å². The lowest BCUT2D eigenvalue weighted by Gasteiger charge is -2.09. The Morgan fingerprint density at radius 3 is 2.26 bits per heavy atom. The SMILES string of the molecule is COc1ccc(Oc2cc(F)cc(F)c2)c(C#N)c1. The minimum Gasteiger partial charge on any atom is -0.497 e. The van der Waals surface area contributed by atoms with E-state index in [0.29, 0.717) is 5.75 Å². The average Bonchev–Trinajstić information content (AvgIpc) is 2.38. The van der Waals surface area contributed by atoms with Crippen LogP contribution in [-0.4, -0.2) is 7.11 Å². The van der Waals surface area contributed by atoms with Gasteiger partial charge in [0.15, 0.2) is 0 Å². The third-order valence-electron chi connectivity index (χ3n) is 2.37. The maximum Gasteiger partial charge on any atom is 0.145 e. The molecule has 0 aliphatic heterocycles. The molecular formula is C14H9F2NO2. The van der Waals surface area contributed by atoms with Crippen LogP contribution in [0.4, 0.5) is 8.78 Å². The first-order chi connectivity index (χ1) is 9.12. The van der Waals surface area contributed by atoms with E-state index in [2.05, 4.69) is 0 Å². The van der Waals surface area contributed by atoms with Crippen molar-refractivity contribution in [2.45, 2.75) is 0 Å². The van der Waals surface area contributed by atoms with Crippen LogP contribution in [-0.2, 0) is 0 Å². The topological polar surface area (TPSA) is 42.2 Å². The standard InChI is InChI=1S/C14H9F2NO2/c1-18-12-2-3-14(9(4-12)8-17)19-13-6-10(15)5-11(16)7-13/h2-7H,1H3. The molecule has 5 heteroatoms. The zero-order valence-electron chi connectivity index (χ0n) is 9.98. The van der Waals surface area contributed by atoms with Gasteiger partial charge in [-0.15, -0.1) is 0 Å². The third-order valence-corrected chi connectivity index (χ3v) is 2.37. The number of ether oxygens (including phenoxy) is 2. The summed E-state index contributed by atoms with van der Waals surface area (Å²) in [5, 5.41) is 8.99. The zero-order chi connectivity index (χ0) is 13.8. The predicted octanol–water partition coefficient (Wildman–Crippen LogP) is 3.64. The molecule has 0 N–H and O–H groups in total. The number of nitriles is 1. The molecule has 2 aromatic carbocycles. The second kappa shape index (κ2) is 5.36. The van der Waals surface area contributed by atoms with Crippen LogP contribution in [0.2, 0.25) is 0 Å². The number of benzene rings is 2. The van der Waals surface area contributed by atoms with Crippen molar-refractivity contribution in [2.75, 3.05) is 7.11 Å². The van der Waals surface area contributed by atoms with Gasteiger partial charge in [0, 0.05) is 24.3 Å². The second-order valence-corrected chi connectivity index (χ2v) is 3.68. The first-order valence-electron chi connectivity index (χ1n) is 5.34. The number of halogens is 2. The molecule has 0 aliphatic rings. The summed E-state index contributed by atoms with van der Waals surface area (Å²) in [6, 6.07) is 9.31. The van der Waals surface area contributed by atoms with Gasteiger partial charge in [0.05, 0.1) is 12.7 Å². The molecule has 96 valence electrons. The van der Waals surface area contributed by atoms with Crippen molar-refractivity contribution in [2.24, 2.45) is 0 Å². The molecule has 0 unspecified atom stereocenters. The summed E-state index contributed by atoms with van der Waals surface area (Å²) < 4.78 is 36.3. The van der Waals surface area contributed by atoms with Gasteiger partial charge in [0.25, 0.3) is 0 Å². The van der Waals surface area contributed by atoms with Gasteiger partial charge in [-0.2, -0.15) is 5.26 Å². The molecule has 0 aromatic heterocycles. The van der Waals surface area contributed by atoms with Gasteiger partial charge >= 0.3 is 0 Å². The summed E-state index contributed by atoms with van der Waals surface area (Å²) >= 11 is 0. The Labute approximate surface area is 108 Å². The van der Waals surface area contributed by atoms with Gasteiger partial charge in [-0.25, -0.2) is 8.78 Å². The lowest BCUT2D eigenvalue weighted by molar-refractivity contribution is 0.412. The molecule has 2 aromatic rings. The smallest absolute Gasteiger partial charge is 0.145 e. The highest BCUT2D eigenvalue weighted by molar-refractivity contribution is 5.49. The number of nitrogens with zero attached hydrogens (tertiary/aromatic N) is 1. The fraction of sp³-hybridized carbons (Fsp3) is 0.0714. The van der Waals surface area contributed by atoms with Crippen LogP contribution in [0, 0.1) is 23.0 Å². The van der Waals surface area contributed by atoms with Crippen molar-refractivity contribution >= 4 is 0 Å². The number of hydrogen-bond acceptors (Lipinski definition) is 3. The summed E-state index contributed by atoms with van der Waals surface area (Å²) in [7, 11) is 1.47. The van der Waals surface area contributed by atoms with E-state index in [4.69, 9.17) is 14.7 Å². The Balaban J connectivity index is 2.35. The van der Waals surface area contributed by atoms with Crippen LogP contribution in [0.1, 0.15) is 5.56 Å². The van der Waals surface area contributed by atoms with E-state index in [1.54, 1.807) is 6.07 Å². The molecular weight excluding hydrogens is 252 g/mol. The van der Waals surface area contributed by atoms with Crippen LogP contribution < -0.4 is 9.47 Å². The Kier molecular flexibility index (Phi) is 3.62. The zero-order valence-corrected chi connectivity index (χ0v) is 9.98. The fourth-order valence-electron chi connectivity index (χ4n) is 1.53. The van der Waals surface area contributed by atoms with Crippen LogP contribution >= 0.6 is 0 Å². The highest BCUT2D eigenvalue weighted by Crippen LogP contribution is 2.29. The van der Waals surface area contributed by atoms with E-state index in [0.717, 1.165) is 18.2 Å². The van der Waals surface area contributed by atoms with E-state index < -0.39 is 11.6 Å². The first-order valence-corrected chi connectivity index (χ1v) is 5.34. The normalized spacial score (nSPS) is 9.79. The largest absolute Gasteiger partial charge is 0.497 e. The van der Waals surface area contributed by atoms with Gasteiger partial charge in [0.1, 0.15) is 35.0 Å². The van der Waals surface area contributed by atoms with Gasteiger partial charge in [-0.3, -0.25) is 0 Å². The molecule has 0 spiro atoms. The first kappa shape index (κ1) is 12.8. The monoisotopic (exact) mass is 261 g/mol. The van der Waals surface area contributed by atoms with E-state index >= 15 is 0 Å². The van der Waals surface area contributed by atoms with E-state index in [9.17, 15) is 8.78 Å². The predicted molar refractivity (Wildman–Crippen MR) is 64.1 cm³/mol. The summed E-state index contributed by atoms with van der Waals surface area (Å²) in [6.45, 7) is 0. The summed E-state index contributed by atoms with van der Waals surface area (Å²) in [5.74, 6) is -0.814. The maximum absolute atomic E-state index is 13.0. The highest BCUT2D eigenvalue weighted by atomic mass is 19.1. The van der Waals surface area contributed by atoms with Gasteiger partial charge in [-0.1, -0.05) is 0 Å². The lowest BCUT2D eigenvalue weighted by atomic mass is 10.2. The van der Waals surface area contributed by atoms with Gasteiger partial charge in [-0.05, 0) is 12.1 Å². The average molecular weight is 261 g/mol. The van der Waals surface area contributed by atoms with E-state index in [1.165, 1.54) is 19.2 Å². The Morgan fingerprint density at radius 1 is 1.00 bits per heavy atom. The number of methoxy groups -OCH3 is 1. The maximum atomic E-state index is 13.0. The molecule has 0 saturated heterocycles. The van der Waals surface area contributed by atoms with Crippen molar-refractivity contribution in [3.8, 4) is 23.3 Å². The number of hydrogen-bond donors (Lipinski definition) is 0. The molecule has 0 heterocycles. The van der Waals surface area contributed by atoms with Crippen molar-refractivity contribution in [1.29, 1.82) is 5.26 Å². The molecule has 19 heavy (non-hydrogen) atoms. The molecule has 3 nitrogen and oxygen atoms in total. The summed E-state index contributed by atoms with van der Waals surface area (Å²) in [6.07, 6.45) is 0. The van der Waals surface area contributed by atoms with Crippen LogP contribution in [0.5, 0.6) is 17.2 Å². The molecule has 0 saturated carbocycles. The quantitative estimate of drug-likeness (QED) is 0.847. The molecule has 0 bridgehead atoms. The molecule has 0 aliphatic carbocycles. The van der Waals surface area contributed by atoms with Crippen molar-refractivity contribution in [3.05, 3.63) is 53.6 Å². The summed E-state index contributed by atoms with van der Waals surface area (Å²) in [4.78, 5) is 0. The molecule has 0 fully saturated rings. The highest BCUT2D eigenvalue weighted by Gasteiger charge is 2.08. The minimum atomic E-state index is -0.748. The van der Waals surface area contributed by atoms with Crippen LogP contribution in [0.15, 0.2) is 36.4 Å². The Morgan fingerprint density at radius 2 is 1.68 bits per heavy atom. The van der Waals surface area contributed by atoms with E-state index in [-0.39, 0.29) is 17.1 Å². The molecule has 0 atom stereocenters. The third kappa shape index (κ3) is 2.99. The number of rotatable bonds is 3. The van der Waals surface area contributed by atoms with Crippen LogP contribution in [0.3, 0.4) is 0 Å². The molecule has 2 rings (SSSR count). The van der Waals surface area contributed by atoms with E-state index in [1.807, 2.05) is 6.07 Å². The van der Waals surface area contributed by atoms with Crippen molar-refractivity contribution in [3.63, 3.8) is 0 Å². The summed E-state index contributed by atoms with van der Waals surface area (Å²) in [5.41, 5.74) is 0.212. The van der Waals surface area contributed by atoms with Gasteiger partial charge < -0.3 is 9.47 Å². The Bertz CT molecular complexity index is 630. The van der Waals surface area contributed by atoms with Crippen molar-refractivity contribution in [1.82, 2.24) is 0 Å². The fourth-order valence-corrected chi connectivity index (χ4v) is 1.53. The van der Waals surface area contributed by atoms with Crippen LogP contribution in [0.25, 0.3) is 0 Å². The molecule has 0 amide bonds. The lowest BCUT2D eigenvalue weighted by Crippen LogP contribution is -1.92. The second-order valence-electron chi connectivity index (χ2n) is 3.68.